The van der Waals surface area contributed by atoms with Gasteiger partial charge in [0.25, 0.3) is 11.5 Å². The molecule has 122 valence electrons. The lowest BCUT2D eigenvalue weighted by Gasteiger charge is -2.14. The van der Waals surface area contributed by atoms with Crippen molar-refractivity contribution in [2.45, 2.75) is 26.9 Å². The number of carbonyl (C=O) groups excluding carboxylic acids is 1. The van der Waals surface area contributed by atoms with Gasteiger partial charge in [0.05, 0.1) is 11.8 Å². The van der Waals surface area contributed by atoms with E-state index in [0.717, 1.165) is 10.2 Å². The third-order valence-electron chi connectivity index (χ3n) is 3.87. The number of aliphatic hydroxyl groups is 1. The van der Waals surface area contributed by atoms with E-state index in [1.54, 1.807) is 13.8 Å². The standard InChI is InChI=1S/C17H21N3O3/c1-10-5-7-13(8-6-10)14(21)9-18-16(22)15-11(2)12(3)19-20(4)17(15)23/h5-8,14,21H,9H2,1-4H3,(H,18,22). The van der Waals surface area contributed by atoms with E-state index in [1.807, 2.05) is 31.2 Å². The Labute approximate surface area is 134 Å². The molecular formula is C17H21N3O3. The number of nitrogens with one attached hydrogen (secondary N) is 1. The van der Waals surface area contributed by atoms with E-state index in [4.69, 9.17) is 0 Å². The molecule has 2 N–H and O–H groups in total. The first-order valence-electron chi connectivity index (χ1n) is 7.38. The van der Waals surface area contributed by atoms with Crippen LogP contribution in [0.5, 0.6) is 0 Å². The van der Waals surface area contributed by atoms with E-state index >= 15 is 0 Å². The van der Waals surface area contributed by atoms with Gasteiger partial charge in [-0.25, -0.2) is 4.68 Å². The Kier molecular flexibility index (Phi) is 4.95. The van der Waals surface area contributed by atoms with Gasteiger partial charge in [-0.1, -0.05) is 29.8 Å². The van der Waals surface area contributed by atoms with Crippen LogP contribution >= 0.6 is 0 Å². The van der Waals surface area contributed by atoms with Gasteiger partial charge in [0.15, 0.2) is 0 Å². The van der Waals surface area contributed by atoms with Crippen LogP contribution in [0, 0.1) is 20.8 Å². The molecule has 2 rings (SSSR count). The van der Waals surface area contributed by atoms with Gasteiger partial charge in [0.2, 0.25) is 0 Å². The summed E-state index contributed by atoms with van der Waals surface area (Å²) in [5, 5.41) is 16.8. The molecule has 0 bridgehead atoms. The molecule has 6 heteroatoms. The van der Waals surface area contributed by atoms with Crippen molar-refractivity contribution in [3.8, 4) is 0 Å². The molecule has 0 spiro atoms. The van der Waals surface area contributed by atoms with Crippen LogP contribution in [-0.2, 0) is 7.05 Å². The summed E-state index contributed by atoms with van der Waals surface area (Å²) in [4.78, 5) is 24.4. The third-order valence-corrected chi connectivity index (χ3v) is 3.87. The number of aromatic nitrogens is 2. The van der Waals surface area contributed by atoms with Crippen LogP contribution in [0.4, 0.5) is 0 Å². The molecule has 0 aliphatic rings. The number of rotatable bonds is 4. The molecule has 1 atom stereocenters. The highest BCUT2D eigenvalue weighted by Crippen LogP contribution is 2.13. The summed E-state index contributed by atoms with van der Waals surface area (Å²) in [5.41, 5.74) is 2.60. The Morgan fingerprint density at radius 2 is 1.87 bits per heavy atom. The van der Waals surface area contributed by atoms with Crippen LogP contribution in [0.2, 0.25) is 0 Å². The Bertz CT molecular complexity index is 779. The van der Waals surface area contributed by atoms with E-state index < -0.39 is 17.6 Å². The van der Waals surface area contributed by atoms with E-state index in [0.29, 0.717) is 16.8 Å². The van der Waals surface area contributed by atoms with E-state index in [9.17, 15) is 14.7 Å². The van der Waals surface area contributed by atoms with Crippen LogP contribution < -0.4 is 10.9 Å². The summed E-state index contributed by atoms with van der Waals surface area (Å²) in [6, 6.07) is 7.42. The SMILES string of the molecule is Cc1ccc(C(O)CNC(=O)c2c(C)c(C)nn(C)c2=O)cc1. The van der Waals surface area contributed by atoms with Gasteiger partial charge in [-0.3, -0.25) is 9.59 Å². The van der Waals surface area contributed by atoms with Gasteiger partial charge in [0, 0.05) is 13.6 Å². The first kappa shape index (κ1) is 16.9. The van der Waals surface area contributed by atoms with E-state index in [-0.39, 0.29) is 12.1 Å². The molecule has 1 heterocycles. The smallest absolute Gasteiger partial charge is 0.279 e. The number of nitrogens with zero attached hydrogens (tertiary/aromatic N) is 2. The third kappa shape index (κ3) is 3.65. The molecule has 2 aromatic rings. The largest absolute Gasteiger partial charge is 0.387 e. The average Bonchev–Trinajstić information content (AvgIpc) is 2.51. The number of aryl methyl sites for hydroxylation is 3. The summed E-state index contributed by atoms with van der Waals surface area (Å²) in [6.07, 6.45) is -0.827. The van der Waals surface area contributed by atoms with Crippen LogP contribution in [0.1, 0.15) is 38.8 Å². The van der Waals surface area contributed by atoms with Crippen LogP contribution in [0.15, 0.2) is 29.1 Å². The molecule has 0 aliphatic heterocycles. The van der Waals surface area contributed by atoms with Crippen molar-refractivity contribution in [3.05, 3.63) is 62.6 Å². The van der Waals surface area contributed by atoms with Crippen molar-refractivity contribution in [1.82, 2.24) is 15.1 Å². The molecule has 0 radical (unpaired) electrons. The minimum absolute atomic E-state index is 0.0336. The number of amides is 1. The predicted molar refractivity (Wildman–Crippen MR) is 87.4 cm³/mol. The van der Waals surface area contributed by atoms with E-state index in [2.05, 4.69) is 10.4 Å². The van der Waals surface area contributed by atoms with Crippen molar-refractivity contribution >= 4 is 5.91 Å². The van der Waals surface area contributed by atoms with Gasteiger partial charge in [-0.05, 0) is 31.9 Å². The number of aliphatic hydroxyl groups excluding tert-OH is 1. The Balaban J connectivity index is 2.14. The second kappa shape index (κ2) is 6.75. The summed E-state index contributed by atoms with van der Waals surface area (Å²) in [6.45, 7) is 5.43. The predicted octanol–water partition coefficient (Wildman–Crippen LogP) is 1.17. The minimum Gasteiger partial charge on any atom is -0.387 e. The zero-order chi connectivity index (χ0) is 17.1. The molecule has 0 saturated heterocycles. The number of benzene rings is 1. The van der Waals surface area contributed by atoms with E-state index in [1.165, 1.54) is 7.05 Å². The average molecular weight is 315 g/mol. The van der Waals surface area contributed by atoms with Gasteiger partial charge in [-0.15, -0.1) is 0 Å². The Morgan fingerprint density at radius 3 is 2.48 bits per heavy atom. The van der Waals surface area contributed by atoms with Crippen LogP contribution in [-0.4, -0.2) is 27.3 Å². The summed E-state index contributed by atoms with van der Waals surface area (Å²) >= 11 is 0. The van der Waals surface area contributed by atoms with Gasteiger partial charge in [-0.2, -0.15) is 5.10 Å². The van der Waals surface area contributed by atoms with Gasteiger partial charge >= 0.3 is 0 Å². The van der Waals surface area contributed by atoms with Crippen LogP contribution in [0.25, 0.3) is 0 Å². The monoisotopic (exact) mass is 315 g/mol. The molecular weight excluding hydrogens is 294 g/mol. The first-order chi connectivity index (χ1) is 10.8. The molecule has 1 aromatic heterocycles. The lowest BCUT2D eigenvalue weighted by Crippen LogP contribution is -2.36. The molecule has 23 heavy (non-hydrogen) atoms. The number of hydrogen-bond donors (Lipinski definition) is 2. The molecule has 1 amide bonds. The number of carbonyl (C=O) groups is 1. The highest BCUT2D eigenvalue weighted by atomic mass is 16.3. The zero-order valence-electron chi connectivity index (χ0n) is 13.8. The Morgan fingerprint density at radius 1 is 1.26 bits per heavy atom. The maximum absolute atomic E-state index is 12.3. The fourth-order valence-electron chi connectivity index (χ4n) is 2.30. The Hall–Kier alpha value is -2.47. The maximum Gasteiger partial charge on any atom is 0.279 e. The molecule has 0 fully saturated rings. The second-order valence-electron chi connectivity index (χ2n) is 5.65. The fourth-order valence-corrected chi connectivity index (χ4v) is 2.30. The van der Waals surface area contributed by atoms with Gasteiger partial charge in [0.1, 0.15) is 5.56 Å². The zero-order valence-corrected chi connectivity index (χ0v) is 13.8. The first-order valence-corrected chi connectivity index (χ1v) is 7.38. The highest BCUT2D eigenvalue weighted by Gasteiger charge is 2.18. The van der Waals surface area contributed by atoms with Crippen molar-refractivity contribution in [2.24, 2.45) is 7.05 Å². The second-order valence-corrected chi connectivity index (χ2v) is 5.65. The fraction of sp³-hybridized carbons (Fsp3) is 0.353. The lowest BCUT2D eigenvalue weighted by molar-refractivity contribution is 0.0913. The molecule has 0 saturated carbocycles. The van der Waals surface area contributed by atoms with Crippen molar-refractivity contribution in [2.75, 3.05) is 6.54 Å². The van der Waals surface area contributed by atoms with Gasteiger partial charge < -0.3 is 10.4 Å². The lowest BCUT2D eigenvalue weighted by atomic mass is 10.1. The summed E-state index contributed by atoms with van der Waals surface area (Å²) in [7, 11) is 1.51. The normalized spacial score (nSPS) is 12.0. The van der Waals surface area contributed by atoms with Crippen LogP contribution in [0.3, 0.4) is 0 Å². The van der Waals surface area contributed by atoms with Crippen molar-refractivity contribution < 1.29 is 9.90 Å². The van der Waals surface area contributed by atoms with Crippen molar-refractivity contribution in [3.63, 3.8) is 0 Å². The molecule has 6 nitrogen and oxygen atoms in total. The molecule has 1 aromatic carbocycles. The summed E-state index contributed by atoms with van der Waals surface area (Å²) < 4.78 is 1.15. The van der Waals surface area contributed by atoms with Crippen molar-refractivity contribution in [1.29, 1.82) is 0 Å². The molecule has 1 unspecified atom stereocenters. The quantitative estimate of drug-likeness (QED) is 0.887. The summed E-state index contributed by atoms with van der Waals surface area (Å²) in [5.74, 6) is -0.500. The topological polar surface area (TPSA) is 84.2 Å². The maximum atomic E-state index is 12.3. The minimum atomic E-state index is -0.827. The number of hydrogen-bond acceptors (Lipinski definition) is 4. The molecule has 0 aliphatic carbocycles. The highest BCUT2D eigenvalue weighted by molar-refractivity contribution is 5.95.